The van der Waals surface area contributed by atoms with E-state index in [1.165, 1.54) is 6.07 Å². The molecule has 0 saturated carbocycles. The van der Waals surface area contributed by atoms with Gasteiger partial charge in [0.15, 0.2) is 6.61 Å². The van der Waals surface area contributed by atoms with Crippen LogP contribution in [-0.2, 0) is 16.0 Å². The van der Waals surface area contributed by atoms with Crippen molar-refractivity contribution in [2.75, 3.05) is 6.61 Å². The van der Waals surface area contributed by atoms with Gasteiger partial charge < -0.3 is 4.74 Å². The normalized spacial score (nSPS) is 9.40. The molecular formula is C11H8F2O2. The fraction of sp³-hybridized carbons (Fsp3) is 0.182. The number of benzene rings is 1. The van der Waals surface area contributed by atoms with Gasteiger partial charge in [-0.1, -0.05) is 12.0 Å². The van der Waals surface area contributed by atoms with Crippen molar-refractivity contribution in [3.05, 3.63) is 35.4 Å². The summed E-state index contributed by atoms with van der Waals surface area (Å²) in [5.41, 5.74) is 0.0819. The van der Waals surface area contributed by atoms with Gasteiger partial charge in [-0.15, -0.1) is 6.42 Å². The number of esters is 1. The Labute approximate surface area is 85.9 Å². The lowest BCUT2D eigenvalue weighted by molar-refractivity contribution is -0.141. The van der Waals surface area contributed by atoms with Gasteiger partial charge >= 0.3 is 5.97 Å². The molecule has 4 heteroatoms. The summed E-state index contributed by atoms with van der Waals surface area (Å²) in [6.45, 7) is -0.151. The molecule has 0 aliphatic heterocycles. The van der Waals surface area contributed by atoms with Gasteiger partial charge in [-0.05, 0) is 11.6 Å². The van der Waals surface area contributed by atoms with Gasteiger partial charge in [-0.2, -0.15) is 0 Å². The zero-order valence-corrected chi connectivity index (χ0v) is 7.80. The quantitative estimate of drug-likeness (QED) is 0.560. The molecular weight excluding hydrogens is 202 g/mol. The summed E-state index contributed by atoms with van der Waals surface area (Å²) in [6, 6.07) is 2.98. The number of terminal acetylenes is 1. The van der Waals surface area contributed by atoms with Crippen LogP contribution in [-0.4, -0.2) is 12.6 Å². The van der Waals surface area contributed by atoms with E-state index in [0.29, 0.717) is 6.07 Å². The Kier molecular flexibility index (Phi) is 3.81. The molecule has 0 aliphatic carbocycles. The molecule has 0 saturated heterocycles. The van der Waals surface area contributed by atoms with Gasteiger partial charge in [0.2, 0.25) is 0 Å². The standard InChI is InChI=1S/C11H8F2O2/c1-2-5-15-11(14)6-8-3-4-9(12)7-10(8)13/h1,3-4,7H,5-6H2. The molecule has 0 spiro atoms. The third kappa shape index (κ3) is 3.39. The Morgan fingerprint density at radius 3 is 2.80 bits per heavy atom. The molecule has 1 aromatic rings. The number of rotatable bonds is 3. The lowest BCUT2D eigenvalue weighted by Crippen LogP contribution is -2.09. The zero-order valence-electron chi connectivity index (χ0n) is 7.80. The minimum atomic E-state index is -0.771. The van der Waals surface area contributed by atoms with E-state index in [9.17, 15) is 13.6 Å². The second-order valence-electron chi connectivity index (χ2n) is 2.78. The maximum atomic E-state index is 13.0. The van der Waals surface area contributed by atoms with Crippen LogP contribution in [0.4, 0.5) is 8.78 Å². The van der Waals surface area contributed by atoms with E-state index in [-0.39, 0.29) is 18.6 Å². The van der Waals surface area contributed by atoms with Gasteiger partial charge in [-0.3, -0.25) is 4.79 Å². The molecule has 1 rings (SSSR count). The number of halogens is 2. The van der Waals surface area contributed by atoms with E-state index < -0.39 is 17.6 Å². The van der Waals surface area contributed by atoms with Crippen LogP contribution in [0.5, 0.6) is 0 Å². The molecule has 0 atom stereocenters. The predicted molar refractivity (Wildman–Crippen MR) is 49.9 cm³/mol. The summed E-state index contributed by atoms with van der Waals surface area (Å²) in [7, 11) is 0. The van der Waals surface area contributed by atoms with Crippen molar-refractivity contribution in [3.63, 3.8) is 0 Å². The van der Waals surface area contributed by atoms with Crippen LogP contribution >= 0.6 is 0 Å². The minimum absolute atomic E-state index is 0.0819. The lowest BCUT2D eigenvalue weighted by Gasteiger charge is -2.02. The Morgan fingerprint density at radius 2 is 2.20 bits per heavy atom. The zero-order chi connectivity index (χ0) is 11.3. The fourth-order valence-corrected chi connectivity index (χ4v) is 0.994. The molecule has 15 heavy (non-hydrogen) atoms. The number of carbonyl (C=O) groups is 1. The third-order valence-electron chi connectivity index (χ3n) is 1.67. The summed E-state index contributed by atoms with van der Waals surface area (Å²) in [4.78, 5) is 11.0. The molecule has 0 N–H and O–H groups in total. The lowest BCUT2D eigenvalue weighted by atomic mass is 10.1. The highest BCUT2D eigenvalue weighted by molar-refractivity contribution is 5.72. The Balaban J connectivity index is 2.65. The molecule has 78 valence electrons. The largest absolute Gasteiger partial charge is 0.452 e. The topological polar surface area (TPSA) is 26.3 Å². The van der Waals surface area contributed by atoms with E-state index >= 15 is 0 Å². The van der Waals surface area contributed by atoms with Crippen LogP contribution in [0.25, 0.3) is 0 Å². The minimum Gasteiger partial charge on any atom is -0.452 e. The van der Waals surface area contributed by atoms with E-state index in [1.54, 1.807) is 0 Å². The Morgan fingerprint density at radius 1 is 1.47 bits per heavy atom. The summed E-state index contributed by atoms with van der Waals surface area (Å²) in [5, 5.41) is 0. The van der Waals surface area contributed by atoms with Crippen molar-refractivity contribution in [2.24, 2.45) is 0 Å². The number of hydrogen-bond donors (Lipinski definition) is 0. The first-order chi connectivity index (χ1) is 7.13. The van der Waals surface area contributed by atoms with Crippen molar-refractivity contribution in [2.45, 2.75) is 6.42 Å². The van der Waals surface area contributed by atoms with Crippen molar-refractivity contribution in [3.8, 4) is 12.3 Å². The van der Waals surface area contributed by atoms with E-state index in [0.717, 1.165) is 6.07 Å². The van der Waals surface area contributed by atoms with Crippen LogP contribution < -0.4 is 0 Å². The Bertz CT molecular complexity index is 408. The maximum Gasteiger partial charge on any atom is 0.311 e. The first-order valence-corrected chi connectivity index (χ1v) is 4.16. The van der Waals surface area contributed by atoms with Crippen molar-refractivity contribution in [1.82, 2.24) is 0 Å². The van der Waals surface area contributed by atoms with Gasteiger partial charge in [0.25, 0.3) is 0 Å². The molecule has 0 bridgehead atoms. The summed E-state index contributed by atoms with van der Waals surface area (Å²) < 4.78 is 30.1. The summed E-state index contributed by atoms with van der Waals surface area (Å²) >= 11 is 0. The van der Waals surface area contributed by atoms with E-state index in [4.69, 9.17) is 6.42 Å². The monoisotopic (exact) mass is 210 g/mol. The second kappa shape index (κ2) is 5.11. The highest BCUT2D eigenvalue weighted by Crippen LogP contribution is 2.10. The number of carbonyl (C=O) groups excluding carboxylic acids is 1. The van der Waals surface area contributed by atoms with Gasteiger partial charge in [0.1, 0.15) is 11.6 Å². The van der Waals surface area contributed by atoms with Crippen LogP contribution in [0.2, 0.25) is 0 Å². The Hall–Kier alpha value is -1.89. The molecule has 0 radical (unpaired) electrons. The highest BCUT2D eigenvalue weighted by Gasteiger charge is 2.09. The first kappa shape index (κ1) is 11.2. The van der Waals surface area contributed by atoms with Crippen LogP contribution in [0.3, 0.4) is 0 Å². The van der Waals surface area contributed by atoms with Crippen LogP contribution in [0.1, 0.15) is 5.56 Å². The van der Waals surface area contributed by atoms with E-state index in [1.807, 2.05) is 0 Å². The van der Waals surface area contributed by atoms with Gasteiger partial charge in [-0.25, -0.2) is 8.78 Å². The fourth-order valence-electron chi connectivity index (χ4n) is 0.994. The van der Waals surface area contributed by atoms with Crippen molar-refractivity contribution >= 4 is 5.97 Å². The van der Waals surface area contributed by atoms with Gasteiger partial charge in [0, 0.05) is 6.07 Å². The molecule has 0 aromatic heterocycles. The number of hydrogen-bond acceptors (Lipinski definition) is 2. The number of ether oxygens (including phenoxy) is 1. The average molecular weight is 210 g/mol. The van der Waals surface area contributed by atoms with Crippen LogP contribution in [0, 0.1) is 24.0 Å². The molecule has 0 aliphatic rings. The molecule has 1 aromatic carbocycles. The molecule has 2 nitrogen and oxygen atoms in total. The van der Waals surface area contributed by atoms with Crippen molar-refractivity contribution < 1.29 is 18.3 Å². The second-order valence-corrected chi connectivity index (χ2v) is 2.78. The summed E-state index contributed by atoms with van der Waals surface area (Å²) in [5.74, 6) is 0.0135. The molecule has 0 unspecified atom stereocenters. The smallest absolute Gasteiger partial charge is 0.311 e. The maximum absolute atomic E-state index is 13.0. The molecule has 0 heterocycles. The summed E-state index contributed by atoms with van der Waals surface area (Å²) in [6.07, 6.45) is 4.61. The van der Waals surface area contributed by atoms with Gasteiger partial charge in [0.05, 0.1) is 6.42 Å². The molecule has 0 fully saturated rings. The van der Waals surface area contributed by atoms with Crippen LogP contribution in [0.15, 0.2) is 18.2 Å². The average Bonchev–Trinajstić information content (AvgIpc) is 2.19. The third-order valence-corrected chi connectivity index (χ3v) is 1.67. The first-order valence-electron chi connectivity index (χ1n) is 4.16. The highest BCUT2D eigenvalue weighted by atomic mass is 19.1. The molecule has 0 amide bonds. The van der Waals surface area contributed by atoms with Crippen molar-refractivity contribution in [1.29, 1.82) is 0 Å². The SMILES string of the molecule is C#CCOC(=O)Cc1ccc(F)cc1F. The predicted octanol–water partition coefficient (Wildman–Crippen LogP) is 1.68. The van der Waals surface area contributed by atoms with E-state index in [2.05, 4.69) is 10.7 Å².